The average molecular weight is 287 g/mol. The number of hydrogen-bond acceptors (Lipinski definition) is 2. The van der Waals surface area contributed by atoms with Crippen LogP contribution in [0.15, 0.2) is 47.8 Å². The molecular formula is C18H25NS. The molecule has 1 aromatic heterocycles. The Balaban J connectivity index is 1.60. The molecule has 1 nitrogen and oxygen atoms in total. The molecule has 0 fully saturated rings. The Kier molecular flexibility index (Phi) is 5.81. The van der Waals surface area contributed by atoms with Crippen LogP contribution in [0.25, 0.3) is 0 Å². The molecule has 2 rings (SSSR count). The van der Waals surface area contributed by atoms with Crippen molar-refractivity contribution >= 4 is 11.3 Å². The monoisotopic (exact) mass is 287 g/mol. The van der Waals surface area contributed by atoms with Crippen molar-refractivity contribution in [3.05, 3.63) is 58.3 Å². The van der Waals surface area contributed by atoms with E-state index in [1.807, 2.05) is 11.3 Å². The third kappa shape index (κ3) is 4.77. The van der Waals surface area contributed by atoms with Crippen LogP contribution in [0.2, 0.25) is 0 Å². The van der Waals surface area contributed by atoms with Gasteiger partial charge in [0.15, 0.2) is 0 Å². The predicted octanol–water partition coefficient (Wildman–Crippen LogP) is 4.64. The second-order valence-electron chi connectivity index (χ2n) is 5.98. The summed E-state index contributed by atoms with van der Waals surface area (Å²) in [6, 6.07) is 15.1. The maximum Gasteiger partial charge on any atom is 0.0115 e. The van der Waals surface area contributed by atoms with Crippen molar-refractivity contribution in [1.29, 1.82) is 0 Å². The normalized spacial score (nSPS) is 11.7. The van der Waals surface area contributed by atoms with Gasteiger partial charge in [-0.1, -0.05) is 50.2 Å². The van der Waals surface area contributed by atoms with Gasteiger partial charge in [0.05, 0.1) is 0 Å². The molecule has 1 N–H and O–H groups in total. The zero-order chi connectivity index (χ0) is 14.3. The second kappa shape index (κ2) is 7.61. The third-order valence-electron chi connectivity index (χ3n) is 3.67. The summed E-state index contributed by atoms with van der Waals surface area (Å²) in [5.74, 6) is 0. The van der Waals surface area contributed by atoms with Crippen LogP contribution in [0.5, 0.6) is 0 Å². The molecule has 20 heavy (non-hydrogen) atoms. The maximum atomic E-state index is 3.61. The minimum atomic E-state index is 0.244. The molecule has 0 saturated heterocycles. The van der Waals surface area contributed by atoms with Crippen molar-refractivity contribution in [1.82, 2.24) is 5.32 Å². The third-order valence-corrected chi connectivity index (χ3v) is 4.90. The van der Waals surface area contributed by atoms with Gasteiger partial charge in [-0.2, -0.15) is 0 Å². The maximum absolute atomic E-state index is 3.61. The first-order chi connectivity index (χ1) is 9.68. The lowest BCUT2D eigenvalue weighted by Crippen LogP contribution is -2.32. The van der Waals surface area contributed by atoms with Crippen LogP contribution in [0, 0.1) is 0 Å². The van der Waals surface area contributed by atoms with Gasteiger partial charge in [0.25, 0.3) is 0 Å². The SMILES string of the molecule is CC(C)(CNCCCCc1ccccc1)c1cccs1. The summed E-state index contributed by atoms with van der Waals surface area (Å²) in [4.78, 5) is 1.47. The Morgan fingerprint density at radius 1 is 1.00 bits per heavy atom. The minimum Gasteiger partial charge on any atom is -0.316 e. The second-order valence-corrected chi connectivity index (χ2v) is 6.93. The van der Waals surface area contributed by atoms with Crippen LogP contribution in [0.3, 0.4) is 0 Å². The summed E-state index contributed by atoms with van der Waals surface area (Å²) in [6.45, 7) is 6.80. The smallest absolute Gasteiger partial charge is 0.0115 e. The number of hydrogen-bond donors (Lipinski definition) is 1. The summed E-state index contributed by atoms with van der Waals surface area (Å²) >= 11 is 1.86. The first-order valence-corrected chi connectivity index (χ1v) is 8.35. The lowest BCUT2D eigenvalue weighted by atomic mass is 9.91. The predicted molar refractivity (Wildman–Crippen MR) is 89.6 cm³/mol. The average Bonchev–Trinajstić information content (AvgIpc) is 2.99. The quantitative estimate of drug-likeness (QED) is 0.698. The molecule has 0 saturated carbocycles. The van der Waals surface area contributed by atoms with E-state index in [9.17, 15) is 0 Å². The van der Waals surface area contributed by atoms with Crippen LogP contribution < -0.4 is 5.32 Å². The fraction of sp³-hybridized carbons (Fsp3) is 0.444. The number of aryl methyl sites for hydroxylation is 1. The minimum absolute atomic E-state index is 0.244. The molecule has 0 aliphatic rings. The van der Waals surface area contributed by atoms with Gasteiger partial charge in [-0.3, -0.25) is 0 Å². The van der Waals surface area contributed by atoms with Gasteiger partial charge in [0, 0.05) is 16.8 Å². The Bertz CT molecular complexity index is 473. The molecule has 2 aromatic rings. The summed E-state index contributed by atoms with van der Waals surface area (Å²) in [7, 11) is 0. The highest BCUT2D eigenvalue weighted by molar-refractivity contribution is 7.10. The van der Waals surface area contributed by atoms with Crippen molar-refractivity contribution < 1.29 is 0 Å². The zero-order valence-electron chi connectivity index (χ0n) is 12.6. The first kappa shape index (κ1) is 15.3. The van der Waals surface area contributed by atoms with E-state index in [1.165, 1.54) is 29.7 Å². The lowest BCUT2D eigenvalue weighted by molar-refractivity contribution is 0.470. The van der Waals surface area contributed by atoms with Crippen molar-refractivity contribution in [2.75, 3.05) is 13.1 Å². The highest BCUT2D eigenvalue weighted by Gasteiger charge is 2.20. The van der Waals surface area contributed by atoms with Gasteiger partial charge in [0.1, 0.15) is 0 Å². The van der Waals surface area contributed by atoms with E-state index >= 15 is 0 Å². The van der Waals surface area contributed by atoms with Crippen molar-refractivity contribution in [2.45, 2.75) is 38.5 Å². The van der Waals surface area contributed by atoms with Crippen molar-refractivity contribution in [3.8, 4) is 0 Å². The van der Waals surface area contributed by atoms with E-state index in [0.717, 1.165) is 13.1 Å². The Morgan fingerprint density at radius 2 is 1.80 bits per heavy atom. The first-order valence-electron chi connectivity index (χ1n) is 7.47. The van der Waals surface area contributed by atoms with Crippen LogP contribution >= 0.6 is 11.3 Å². The van der Waals surface area contributed by atoms with E-state index in [0.29, 0.717) is 0 Å². The fourth-order valence-corrected chi connectivity index (χ4v) is 3.23. The summed E-state index contributed by atoms with van der Waals surface area (Å²) < 4.78 is 0. The Morgan fingerprint density at radius 3 is 2.50 bits per heavy atom. The Hall–Kier alpha value is -1.12. The molecule has 1 heterocycles. The molecular weight excluding hydrogens is 262 g/mol. The molecule has 0 aliphatic carbocycles. The van der Waals surface area contributed by atoms with E-state index in [1.54, 1.807) is 0 Å². The van der Waals surface area contributed by atoms with E-state index < -0.39 is 0 Å². The molecule has 108 valence electrons. The topological polar surface area (TPSA) is 12.0 Å². The van der Waals surface area contributed by atoms with Gasteiger partial charge < -0.3 is 5.32 Å². The number of benzene rings is 1. The van der Waals surface area contributed by atoms with Crippen LogP contribution in [0.1, 0.15) is 37.1 Å². The molecule has 1 aromatic carbocycles. The summed E-state index contributed by atoms with van der Waals surface area (Å²) in [5.41, 5.74) is 1.69. The van der Waals surface area contributed by atoms with Crippen LogP contribution in [0.4, 0.5) is 0 Å². The number of rotatable bonds is 8. The highest BCUT2D eigenvalue weighted by atomic mass is 32.1. The molecule has 0 bridgehead atoms. The summed E-state index contributed by atoms with van der Waals surface area (Å²) in [6.07, 6.45) is 3.70. The van der Waals surface area contributed by atoms with Crippen LogP contribution in [-0.4, -0.2) is 13.1 Å². The number of unbranched alkanes of at least 4 members (excludes halogenated alkanes) is 1. The van der Waals surface area contributed by atoms with Gasteiger partial charge >= 0.3 is 0 Å². The van der Waals surface area contributed by atoms with Crippen LogP contribution in [-0.2, 0) is 11.8 Å². The van der Waals surface area contributed by atoms with Gasteiger partial charge in [0.2, 0.25) is 0 Å². The lowest BCUT2D eigenvalue weighted by Gasteiger charge is -2.23. The number of thiophene rings is 1. The Labute approximate surface area is 127 Å². The highest BCUT2D eigenvalue weighted by Crippen LogP contribution is 2.26. The van der Waals surface area contributed by atoms with Crippen molar-refractivity contribution in [3.63, 3.8) is 0 Å². The van der Waals surface area contributed by atoms with Gasteiger partial charge in [-0.25, -0.2) is 0 Å². The molecule has 2 heteroatoms. The van der Waals surface area contributed by atoms with E-state index in [2.05, 4.69) is 67.0 Å². The molecule has 0 radical (unpaired) electrons. The molecule has 0 amide bonds. The molecule has 0 aliphatic heterocycles. The standard InChI is InChI=1S/C18H25NS/c1-18(2,17-12-8-14-20-17)15-19-13-7-6-11-16-9-4-3-5-10-16/h3-5,8-10,12,14,19H,6-7,11,13,15H2,1-2H3. The molecule has 0 spiro atoms. The zero-order valence-corrected chi connectivity index (χ0v) is 13.4. The molecule has 0 atom stereocenters. The van der Waals surface area contributed by atoms with E-state index in [4.69, 9.17) is 0 Å². The molecule has 0 unspecified atom stereocenters. The van der Waals surface area contributed by atoms with Crippen molar-refractivity contribution in [2.24, 2.45) is 0 Å². The largest absolute Gasteiger partial charge is 0.316 e. The van der Waals surface area contributed by atoms with Gasteiger partial charge in [-0.15, -0.1) is 11.3 Å². The van der Waals surface area contributed by atoms with E-state index in [-0.39, 0.29) is 5.41 Å². The summed E-state index contributed by atoms with van der Waals surface area (Å²) in [5, 5.41) is 5.77. The van der Waals surface area contributed by atoms with Gasteiger partial charge in [-0.05, 0) is 42.8 Å². The number of nitrogens with one attached hydrogen (secondary N) is 1. The fourth-order valence-electron chi connectivity index (χ4n) is 2.38.